The van der Waals surface area contributed by atoms with Crippen LogP contribution in [-0.2, 0) is 6.42 Å². The molecule has 1 aromatic heterocycles. The fraction of sp³-hybridized carbons (Fsp3) is 0.444. The summed E-state index contributed by atoms with van der Waals surface area (Å²) in [6.07, 6.45) is 4.20. The maximum absolute atomic E-state index is 4.27. The highest BCUT2D eigenvalue weighted by Gasteiger charge is 1.89. The Morgan fingerprint density at radius 1 is 1.40 bits per heavy atom. The molecule has 0 radical (unpaired) electrons. The van der Waals surface area contributed by atoms with Crippen LogP contribution in [0, 0.1) is 6.92 Å². The first-order valence-corrected chi connectivity index (χ1v) is 3.74. The van der Waals surface area contributed by atoms with Gasteiger partial charge in [0, 0.05) is 11.9 Å². The summed E-state index contributed by atoms with van der Waals surface area (Å²) in [7, 11) is 0. The van der Waals surface area contributed by atoms with Crippen LogP contribution in [0.4, 0.5) is 0 Å². The van der Waals surface area contributed by atoms with Gasteiger partial charge in [0.2, 0.25) is 0 Å². The Hall–Kier alpha value is -0.850. The summed E-state index contributed by atoms with van der Waals surface area (Å²) < 4.78 is 0. The number of aryl methyl sites for hydroxylation is 2. The summed E-state index contributed by atoms with van der Waals surface area (Å²) in [6, 6.07) is 4.21. The third kappa shape index (κ3) is 1.83. The molecule has 1 rings (SSSR count). The molecule has 0 bridgehead atoms. The second kappa shape index (κ2) is 3.35. The fourth-order valence-corrected chi connectivity index (χ4v) is 0.902. The molecule has 10 heavy (non-hydrogen) atoms. The van der Waals surface area contributed by atoms with Crippen molar-refractivity contribution in [2.45, 2.75) is 26.7 Å². The molecule has 0 saturated carbocycles. The van der Waals surface area contributed by atoms with E-state index < -0.39 is 0 Å². The second-order valence-electron chi connectivity index (χ2n) is 2.58. The number of nitrogens with zero attached hydrogens (tertiary/aromatic N) is 1. The quantitative estimate of drug-likeness (QED) is 0.606. The van der Waals surface area contributed by atoms with Crippen molar-refractivity contribution in [3.63, 3.8) is 0 Å². The standard InChI is InChI=1S/C9H13N/c1-3-4-9-6-5-8(2)7-10-9/h5-7H,3-4H2,1-2H3. The smallest absolute Gasteiger partial charge is 0.0403 e. The molecule has 54 valence electrons. The zero-order valence-corrected chi connectivity index (χ0v) is 6.59. The van der Waals surface area contributed by atoms with Gasteiger partial charge in [-0.25, -0.2) is 0 Å². The molecule has 1 heteroatoms. The van der Waals surface area contributed by atoms with Gasteiger partial charge in [-0.3, -0.25) is 4.98 Å². The predicted molar refractivity (Wildman–Crippen MR) is 43.0 cm³/mol. The van der Waals surface area contributed by atoms with Crippen molar-refractivity contribution in [2.75, 3.05) is 0 Å². The molecular weight excluding hydrogens is 122 g/mol. The van der Waals surface area contributed by atoms with E-state index in [9.17, 15) is 0 Å². The van der Waals surface area contributed by atoms with E-state index in [0.29, 0.717) is 0 Å². The van der Waals surface area contributed by atoms with Crippen LogP contribution >= 0.6 is 0 Å². The Labute approximate surface area is 62.1 Å². The van der Waals surface area contributed by atoms with Gasteiger partial charge < -0.3 is 0 Å². The highest BCUT2D eigenvalue weighted by molar-refractivity contribution is 5.11. The van der Waals surface area contributed by atoms with Crippen molar-refractivity contribution in [1.29, 1.82) is 0 Å². The minimum absolute atomic E-state index is 1.10. The molecule has 0 aliphatic heterocycles. The molecule has 0 fully saturated rings. The summed E-state index contributed by atoms with van der Waals surface area (Å²) in [4.78, 5) is 4.27. The Balaban J connectivity index is 2.69. The average Bonchev–Trinajstić information content (AvgIpc) is 1.95. The summed E-state index contributed by atoms with van der Waals surface area (Å²) in [5, 5.41) is 0. The highest BCUT2D eigenvalue weighted by atomic mass is 14.7. The van der Waals surface area contributed by atoms with Gasteiger partial charge in [-0.2, -0.15) is 0 Å². The van der Waals surface area contributed by atoms with Crippen LogP contribution in [0.3, 0.4) is 0 Å². The van der Waals surface area contributed by atoms with Crippen molar-refractivity contribution in [1.82, 2.24) is 4.98 Å². The maximum atomic E-state index is 4.27. The van der Waals surface area contributed by atoms with Crippen LogP contribution in [0.25, 0.3) is 0 Å². The van der Waals surface area contributed by atoms with E-state index in [-0.39, 0.29) is 0 Å². The minimum Gasteiger partial charge on any atom is -0.261 e. The molecule has 0 unspecified atom stereocenters. The monoisotopic (exact) mass is 135 g/mol. The first kappa shape index (κ1) is 7.26. The van der Waals surface area contributed by atoms with Crippen LogP contribution < -0.4 is 0 Å². The molecule has 0 aliphatic carbocycles. The average molecular weight is 135 g/mol. The van der Waals surface area contributed by atoms with Gasteiger partial charge in [-0.1, -0.05) is 19.4 Å². The summed E-state index contributed by atoms with van der Waals surface area (Å²) in [5.41, 5.74) is 2.44. The van der Waals surface area contributed by atoms with Crippen LogP contribution in [0.5, 0.6) is 0 Å². The minimum atomic E-state index is 1.10. The van der Waals surface area contributed by atoms with E-state index >= 15 is 0 Å². The van der Waals surface area contributed by atoms with E-state index in [4.69, 9.17) is 0 Å². The molecular formula is C9H13N. The van der Waals surface area contributed by atoms with Crippen molar-refractivity contribution in [3.8, 4) is 0 Å². The number of hydrogen-bond donors (Lipinski definition) is 0. The molecule has 0 spiro atoms. The maximum Gasteiger partial charge on any atom is 0.0403 e. The van der Waals surface area contributed by atoms with Crippen molar-refractivity contribution < 1.29 is 0 Å². The Morgan fingerprint density at radius 3 is 2.70 bits per heavy atom. The molecule has 1 aromatic rings. The summed E-state index contributed by atoms with van der Waals surface area (Å²) in [5.74, 6) is 0. The van der Waals surface area contributed by atoms with Crippen LogP contribution in [0.1, 0.15) is 24.6 Å². The lowest BCUT2D eigenvalue weighted by molar-refractivity contribution is 0.880. The first-order chi connectivity index (χ1) is 4.83. The van der Waals surface area contributed by atoms with Crippen LogP contribution in [0.2, 0.25) is 0 Å². The number of rotatable bonds is 2. The van der Waals surface area contributed by atoms with Crippen LogP contribution in [0.15, 0.2) is 18.3 Å². The highest BCUT2D eigenvalue weighted by Crippen LogP contribution is 2.00. The lowest BCUT2D eigenvalue weighted by Gasteiger charge is -1.96. The van der Waals surface area contributed by atoms with E-state index in [1.807, 2.05) is 6.20 Å². The zero-order valence-electron chi connectivity index (χ0n) is 6.59. The Bertz CT molecular complexity index is 188. The molecule has 0 N–H and O–H groups in total. The molecule has 0 atom stereocenters. The van der Waals surface area contributed by atoms with Crippen LogP contribution in [-0.4, -0.2) is 4.98 Å². The van der Waals surface area contributed by atoms with E-state index in [0.717, 1.165) is 6.42 Å². The lowest BCUT2D eigenvalue weighted by Crippen LogP contribution is -1.87. The first-order valence-electron chi connectivity index (χ1n) is 3.74. The van der Waals surface area contributed by atoms with Crippen molar-refractivity contribution in [3.05, 3.63) is 29.6 Å². The number of aromatic nitrogens is 1. The summed E-state index contributed by atoms with van der Waals surface area (Å²) in [6.45, 7) is 4.23. The van der Waals surface area contributed by atoms with Crippen molar-refractivity contribution in [2.24, 2.45) is 0 Å². The second-order valence-corrected chi connectivity index (χ2v) is 2.58. The van der Waals surface area contributed by atoms with Gasteiger partial charge in [0.05, 0.1) is 0 Å². The van der Waals surface area contributed by atoms with Gasteiger partial charge in [0.15, 0.2) is 0 Å². The molecule has 0 amide bonds. The third-order valence-corrected chi connectivity index (χ3v) is 1.48. The Morgan fingerprint density at radius 2 is 2.20 bits per heavy atom. The normalized spacial score (nSPS) is 9.80. The van der Waals surface area contributed by atoms with Crippen molar-refractivity contribution >= 4 is 0 Å². The largest absolute Gasteiger partial charge is 0.261 e. The van der Waals surface area contributed by atoms with Gasteiger partial charge in [-0.05, 0) is 25.0 Å². The molecule has 0 saturated heterocycles. The molecule has 1 heterocycles. The molecule has 0 aliphatic rings. The molecule has 0 aromatic carbocycles. The third-order valence-electron chi connectivity index (χ3n) is 1.48. The topological polar surface area (TPSA) is 12.9 Å². The predicted octanol–water partition coefficient (Wildman–Crippen LogP) is 2.34. The molecule has 1 nitrogen and oxygen atoms in total. The van der Waals surface area contributed by atoms with Gasteiger partial charge in [-0.15, -0.1) is 0 Å². The summed E-state index contributed by atoms with van der Waals surface area (Å²) >= 11 is 0. The fourth-order valence-electron chi connectivity index (χ4n) is 0.902. The van der Waals surface area contributed by atoms with E-state index in [1.54, 1.807) is 0 Å². The van der Waals surface area contributed by atoms with E-state index in [1.165, 1.54) is 17.7 Å². The Kier molecular flexibility index (Phi) is 2.43. The zero-order chi connectivity index (χ0) is 7.40. The SMILES string of the molecule is CCCc1ccc(C)cn1. The van der Waals surface area contributed by atoms with Gasteiger partial charge in [0.1, 0.15) is 0 Å². The number of hydrogen-bond acceptors (Lipinski definition) is 1. The van der Waals surface area contributed by atoms with Gasteiger partial charge >= 0.3 is 0 Å². The number of pyridine rings is 1. The van der Waals surface area contributed by atoms with Gasteiger partial charge in [0.25, 0.3) is 0 Å². The van der Waals surface area contributed by atoms with E-state index in [2.05, 4.69) is 31.0 Å². The lowest BCUT2D eigenvalue weighted by atomic mass is 10.2.